The third-order valence-electron chi connectivity index (χ3n) is 3.43. The van der Waals surface area contributed by atoms with Crippen molar-refractivity contribution in [3.05, 3.63) is 28.5 Å². The van der Waals surface area contributed by atoms with Gasteiger partial charge in [-0.15, -0.1) is 0 Å². The van der Waals surface area contributed by atoms with Crippen LogP contribution in [0.15, 0.2) is 17.0 Å². The molecule has 7 heteroatoms. The lowest BCUT2D eigenvalue weighted by atomic mass is 10.2. The molecule has 0 aromatic heterocycles. The van der Waals surface area contributed by atoms with Gasteiger partial charge in [0.2, 0.25) is 10.0 Å². The maximum Gasteiger partial charge on any atom is 0.243 e. The van der Waals surface area contributed by atoms with Gasteiger partial charge >= 0.3 is 0 Å². The molecule has 0 aliphatic carbocycles. The minimum absolute atomic E-state index is 0.0200. The van der Waals surface area contributed by atoms with Crippen LogP contribution in [0, 0.1) is 5.82 Å². The summed E-state index contributed by atoms with van der Waals surface area (Å²) in [6.45, 7) is 3.80. The first kappa shape index (κ1) is 17.4. The molecule has 0 atom stereocenters. The quantitative estimate of drug-likeness (QED) is 0.876. The number of nitrogens with zero attached hydrogens (tertiary/aromatic N) is 1. The molecule has 1 aromatic rings. The van der Waals surface area contributed by atoms with Gasteiger partial charge in [0.25, 0.3) is 0 Å². The van der Waals surface area contributed by atoms with E-state index in [0.717, 1.165) is 6.07 Å². The number of hydrogen-bond acceptors (Lipinski definition) is 3. The zero-order chi connectivity index (χ0) is 15.5. The zero-order valence-corrected chi connectivity index (χ0v) is 13.4. The van der Waals surface area contributed by atoms with Gasteiger partial charge in [-0.3, -0.25) is 0 Å². The number of hydrogen-bond donors (Lipinski definition) is 1. The summed E-state index contributed by atoms with van der Waals surface area (Å²) in [6, 6.07) is 2.15. The summed E-state index contributed by atoms with van der Waals surface area (Å²) in [5.74, 6) is -0.772. The van der Waals surface area contributed by atoms with E-state index in [9.17, 15) is 12.8 Å². The smallest absolute Gasteiger partial charge is 0.243 e. The summed E-state index contributed by atoms with van der Waals surface area (Å²) in [6.07, 6.45) is 1.37. The van der Waals surface area contributed by atoms with Crippen LogP contribution in [-0.2, 0) is 16.6 Å². The second kappa shape index (κ2) is 6.85. The average molecular weight is 323 g/mol. The van der Waals surface area contributed by atoms with E-state index in [1.165, 1.54) is 17.4 Å². The Kier molecular flexibility index (Phi) is 5.94. The Bertz CT molecular complexity index is 574. The van der Waals surface area contributed by atoms with Crippen LogP contribution in [0.3, 0.4) is 0 Å². The van der Waals surface area contributed by atoms with E-state index in [1.54, 1.807) is 0 Å². The van der Waals surface area contributed by atoms with E-state index in [2.05, 4.69) is 0 Å². The van der Waals surface area contributed by atoms with E-state index in [1.807, 2.05) is 13.8 Å². The Hall–Kier alpha value is -0.690. The first-order valence-corrected chi connectivity index (χ1v) is 8.27. The molecule has 1 rings (SSSR count). The SMILES string of the molecule is CCC(CC)N(C)S(=O)(=O)c1cc(F)c(Cl)c(CN)c1. The molecule has 0 aliphatic rings. The predicted octanol–water partition coefficient (Wildman–Crippen LogP) is 2.75. The van der Waals surface area contributed by atoms with Crippen molar-refractivity contribution in [1.82, 2.24) is 4.31 Å². The van der Waals surface area contributed by atoms with Crippen LogP contribution in [0.1, 0.15) is 32.3 Å². The van der Waals surface area contributed by atoms with Crippen molar-refractivity contribution in [1.29, 1.82) is 0 Å². The lowest BCUT2D eigenvalue weighted by Crippen LogP contribution is -2.36. The van der Waals surface area contributed by atoms with Gasteiger partial charge in [-0.2, -0.15) is 4.31 Å². The van der Waals surface area contributed by atoms with Gasteiger partial charge in [0.15, 0.2) is 0 Å². The maximum absolute atomic E-state index is 13.7. The standard InChI is InChI=1S/C13H20ClFN2O2S/c1-4-10(5-2)17(3)20(18,19)11-6-9(8-16)13(14)12(15)7-11/h6-7,10H,4-5,8,16H2,1-3H3. The molecule has 0 radical (unpaired) electrons. The lowest BCUT2D eigenvalue weighted by Gasteiger charge is -2.25. The number of rotatable bonds is 6. The van der Waals surface area contributed by atoms with Crippen molar-refractivity contribution in [3.8, 4) is 0 Å². The summed E-state index contributed by atoms with van der Waals surface area (Å²) >= 11 is 5.75. The molecular formula is C13H20ClFN2O2S. The molecule has 0 fully saturated rings. The van der Waals surface area contributed by atoms with E-state index in [0.29, 0.717) is 12.8 Å². The normalized spacial score (nSPS) is 12.4. The number of halogens is 2. The van der Waals surface area contributed by atoms with Gasteiger partial charge in [-0.25, -0.2) is 12.8 Å². The minimum atomic E-state index is -3.76. The molecule has 0 spiro atoms. The Morgan fingerprint density at radius 1 is 1.35 bits per heavy atom. The summed E-state index contributed by atoms with van der Waals surface area (Å²) in [7, 11) is -2.25. The largest absolute Gasteiger partial charge is 0.326 e. The zero-order valence-electron chi connectivity index (χ0n) is 11.9. The molecule has 0 amide bonds. The number of sulfonamides is 1. The Balaban J connectivity index is 3.32. The van der Waals surface area contributed by atoms with Crippen molar-refractivity contribution in [2.75, 3.05) is 7.05 Å². The average Bonchev–Trinajstić information content (AvgIpc) is 2.42. The molecular weight excluding hydrogens is 303 g/mol. The second-order valence-electron chi connectivity index (χ2n) is 4.57. The number of nitrogens with two attached hydrogens (primary N) is 1. The van der Waals surface area contributed by atoms with Crippen molar-refractivity contribution in [2.24, 2.45) is 5.73 Å². The van der Waals surface area contributed by atoms with Crippen molar-refractivity contribution in [2.45, 2.75) is 44.2 Å². The highest BCUT2D eigenvalue weighted by atomic mass is 35.5. The molecule has 0 unspecified atom stereocenters. The summed E-state index contributed by atoms with van der Waals surface area (Å²) < 4.78 is 40.0. The van der Waals surface area contributed by atoms with Crippen LogP contribution in [0.2, 0.25) is 5.02 Å². The molecule has 0 saturated heterocycles. The lowest BCUT2D eigenvalue weighted by molar-refractivity contribution is 0.349. The highest BCUT2D eigenvalue weighted by Gasteiger charge is 2.27. The van der Waals surface area contributed by atoms with Gasteiger partial charge in [0.05, 0.1) is 9.92 Å². The molecule has 114 valence electrons. The molecule has 0 saturated carbocycles. The third-order valence-corrected chi connectivity index (χ3v) is 5.74. The topological polar surface area (TPSA) is 63.4 Å². The van der Waals surface area contributed by atoms with E-state index in [-0.39, 0.29) is 28.1 Å². The molecule has 0 bridgehead atoms. The summed E-state index contributed by atoms with van der Waals surface area (Å²) in [4.78, 5) is -0.116. The number of benzene rings is 1. The van der Waals surface area contributed by atoms with Gasteiger partial charge in [0, 0.05) is 19.6 Å². The second-order valence-corrected chi connectivity index (χ2v) is 6.95. The predicted molar refractivity (Wildman–Crippen MR) is 78.6 cm³/mol. The van der Waals surface area contributed by atoms with Gasteiger partial charge in [-0.05, 0) is 30.5 Å². The molecule has 0 heterocycles. The van der Waals surface area contributed by atoms with Crippen LogP contribution in [0.5, 0.6) is 0 Å². The molecule has 2 N–H and O–H groups in total. The van der Waals surface area contributed by atoms with Crippen LogP contribution >= 0.6 is 11.6 Å². The van der Waals surface area contributed by atoms with Crippen LogP contribution < -0.4 is 5.73 Å². The molecule has 20 heavy (non-hydrogen) atoms. The first-order valence-electron chi connectivity index (χ1n) is 6.45. The van der Waals surface area contributed by atoms with E-state index >= 15 is 0 Å². The Labute approximate surface area is 124 Å². The van der Waals surface area contributed by atoms with Gasteiger partial charge < -0.3 is 5.73 Å². The molecule has 1 aromatic carbocycles. The van der Waals surface area contributed by atoms with Crippen molar-refractivity contribution >= 4 is 21.6 Å². The van der Waals surface area contributed by atoms with Gasteiger partial charge in [0.1, 0.15) is 5.82 Å². The third kappa shape index (κ3) is 3.31. The summed E-state index contributed by atoms with van der Waals surface area (Å²) in [5.41, 5.74) is 5.74. The molecule has 0 aliphatic heterocycles. The van der Waals surface area contributed by atoms with E-state index in [4.69, 9.17) is 17.3 Å². The fourth-order valence-corrected chi connectivity index (χ4v) is 3.83. The van der Waals surface area contributed by atoms with Crippen LogP contribution in [0.25, 0.3) is 0 Å². The monoisotopic (exact) mass is 322 g/mol. The highest BCUT2D eigenvalue weighted by molar-refractivity contribution is 7.89. The van der Waals surface area contributed by atoms with E-state index < -0.39 is 15.8 Å². The Morgan fingerprint density at radius 3 is 2.35 bits per heavy atom. The van der Waals surface area contributed by atoms with Crippen molar-refractivity contribution < 1.29 is 12.8 Å². The molecule has 4 nitrogen and oxygen atoms in total. The maximum atomic E-state index is 13.7. The first-order chi connectivity index (χ1) is 9.29. The minimum Gasteiger partial charge on any atom is -0.326 e. The fourth-order valence-electron chi connectivity index (χ4n) is 2.08. The fraction of sp³-hybridized carbons (Fsp3) is 0.538. The van der Waals surface area contributed by atoms with Crippen LogP contribution in [-0.4, -0.2) is 25.8 Å². The Morgan fingerprint density at radius 2 is 1.90 bits per heavy atom. The van der Waals surface area contributed by atoms with Gasteiger partial charge in [-0.1, -0.05) is 25.4 Å². The van der Waals surface area contributed by atoms with Crippen molar-refractivity contribution in [3.63, 3.8) is 0 Å². The summed E-state index contributed by atoms with van der Waals surface area (Å²) in [5, 5.41) is -0.128. The highest BCUT2D eigenvalue weighted by Crippen LogP contribution is 2.27. The van der Waals surface area contributed by atoms with Crippen LogP contribution in [0.4, 0.5) is 4.39 Å².